The van der Waals surface area contributed by atoms with Crippen molar-refractivity contribution >= 4 is 22.3 Å². The molecule has 4 nitrogen and oxygen atoms in total. The molecule has 0 saturated carbocycles. The summed E-state index contributed by atoms with van der Waals surface area (Å²) in [6.07, 6.45) is -0.962. The van der Waals surface area contributed by atoms with Crippen LogP contribution in [0.3, 0.4) is 0 Å². The third kappa shape index (κ3) is 3.26. The predicted molar refractivity (Wildman–Crippen MR) is 91.7 cm³/mol. The molecule has 0 spiro atoms. The van der Waals surface area contributed by atoms with Crippen LogP contribution in [-0.2, 0) is 0 Å². The Labute approximate surface area is 137 Å². The third-order valence-corrected chi connectivity index (χ3v) is 4.38. The Balaban J connectivity index is 1.94. The van der Waals surface area contributed by atoms with Crippen LogP contribution in [0.1, 0.15) is 22.1 Å². The maximum atomic E-state index is 11.7. The van der Waals surface area contributed by atoms with E-state index in [1.54, 1.807) is 17.5 Å². The molecular weight excluding hydrogens is 310 g/mol. The largest absolute Gasteiger partial charge is 0.478 e. The standard InChI is InChI=1S/C18H15NO3S/c20-16(13-9-5-2-6-10-13)19-17-15(18(21)22)14(11-23-17)12-7-3-1-4-8-12/h1-11,16,19-20H,(H,21,22). The summed E-state index contributed by atoms with van der Waals surface area (Å²) in [5, 5.41) is 24.9. The quantitative estimate of drug-likeness (QED) is 0.614. The van der Waals surface area contributed by atoms with E-state index in [1.165, 1.54) is 11.3 Å². The first-order valence-electron chi connectivity index (χ1n) is 7.06. The smallest absolute Gasteiger partial charge is 0.339 e. The van der Waals surface area contributed by atoms with Crippen molar-refractivity contribution in [3.8, 4) is 11.1 Å². The van der Waals surface area contributed by atoms with E-state index in [0.29, 0.717) is 16.1 Å². The highest BCUT2D eigenvalue weighted by Gasteiger charge is 2.21. The second kappa shape index (κ2) is 6.64. The molecule has 0 amide bonds. The summed E-state index contributed by atoms with van der Waals surface area (Å²) in [7, 11) is 0. The van der Waals surface area contributed by atoms with E-state index in [0.717, 1.165) is 5.56 Å². The number of anilines is 1. The topological polar surface area (TPSA) is 69.6 Å². The van der Waals surface area contributed by atoms with Crippen LogP contribution in [0.2, 0.25) is 0 Å². The number of rotatable bonds is 5. The number of aliphatic hydroxyl groups is 1. The summed E-state index contributed by atoms with van der Waals surface area (Å²) in [6.45, 7) is 0. The molecule has 23 heavy (non-hydrogen) atoms. The van der Waals surface area contributed by atoms with Gasteiger partial charge < -0.3 is 15.5 Å². The second-order valence-electron chi connectivity index (χ2n) is 4.98. The zero-order valence-corrected chi connectivity index (χ0v) is 13.0. The average Bonchev–Trinajstić information content (AvgIpc) is 3.00. The van der Waals surface area contributed by atoms with Crippen LogP contribution in [-0.4, -0.2) is 16.2 Å². The van der Waals surface area contributed by atoms with Crippen LogP contribution in [0.5, 0.6) is 0 Å². The lowest BCUT2D eigenvalue weighted by molar-refractivity contribution is 0.0699. The van der Waals surface area contributed by atoms with Gasteiger partial charge in [0.2, 0.25) is 0 Å². The van der Waals surface area contributed by atoms with E-state index >= 15 is 0 Å². The van der Waals surface area contributed by atoms with Crippen molar-refractivity contribution in [2.24, 2.45) is 0 Å². The van der Waals surface area contributed by atoms with Gasteiger partial charge in [0, 0.05) is 16.5 Å². The fourth-order valence-electron chi connectivity index (χ4n) is 2.35. The molecule has 0 saturated heterocycles. The van der Waals surface area contributed by atoms with Gasteiger partial charge in [-0.3, -0.25) is 0 Å². The first kappa shape index (κ1) is 15.3. The van der Waals surface area contributed by atoms with Crippen LogP contribution in [0.4, 0.5) is 5.00 Å². The van der Waals surface area contributed by atoms with Crippen molar-refractivity contribution in [1.82, 2.24) is 0 Å². The van der Waals surface area contributed by atoms with E-state index in [2.05, 4.69) is 5.32 Å². The summed E-state index contributed by atoms with van der Waals surface area (Å²) in [6, 6.07) is 18.4. The van der Waals surface area contributed by atoms with Crippen molar-refractivity contribution in [2.45, 2.75) is 6.23 Å². The van der Waals surface area contributed by atoms with Gasteiger partial charge >= 0.3 is 5.97 Å². The van der Waals surface area contributed by atoms with Crippen molar-refractivity contribution < 1.29 is 15.0 Å². The Morgan fingerprint density at radius 1 is 1.00 bits per heavy atom. The van der Waals surface area contributed by atoms with Crippen LogP contribution < -0.4 is 5.32 Å². The molecule has 0 aliphatic heterocycles. The summed E-state index contributed by atoms with van der Waals surface area (Å²) in [4.78, 5) is 11.7. The molecule has 1 aromatic heterocycles. The molecule has 0 fully saturated rings. The minimum Gasteiger partial charge on any atom is -0.478 e. The number of aromatic carboxylic acids is 1. The molecule has 0 aliphatic rings. The molecule has 3 rings (SSSR count). The van der Waals surface area contributed by atoms with Crippen molar-refractivity contribution in [3.05, 3.63) is 77.2 Å². The van der Waals surface area contributed by atoms with Gasteiger partial charge in [0.1, 0.15) is 10.6 Å². The van der Waals surface area contributed by atoms with Gasteiger partial charge in [-0.2, -0.15) is 0 Å². The Bertz CT molecular complexity index is 800. The highest BCUT2D eigenvalue weighted by molar-refractivity contribution is 7.15. The first-order chi connectivity index (χ1) is 11.2. The summed E-state index contributed by atoms with van der Waals surface area (Å²) >= 11 is 1.27. The highest BCUT2D eigenvalue weighted by atomic mass is 32.1. The van der Waals surface area contributed by atoms with Crippen LogP contribution >= 0.6 is 11.3 Å². The molecule has 3 N–H and O–H groups in total. The number of aliphatic hydroxyl groups excluding tert-OH is 1. The van der Waals surface area contributed by atoms with Gasteiger partial charge in [-0.25, -0.2) is 4.79 Å². The lowest BCUT2D eigenvalue weighted by atomic mass is 10.0. The molecule has 116 valence electrons. The Morgan fingerprint density at radius 3 is 2.22 bits per heavy atom. The number of hydrogen-bond donors (Lipinski definition) is 3. The molecule has 5 heteroatoms. The predicted octanol–water partition coefficient (Wildman–Crippen LogP) is 4.22. The van der Waals surface area contributed by atoms with E-state index in [4.69, 9.17) is 0 Å². The third-order valence-electron chi connectivity index (χ3n) is 3.47. The van der Waals surface area contributed by atoms with Crippen LogP contribution in [0.25, 0.3) is 11.1 Å². The molecule has 1 unspecified atom stereocenters. The molecular formula is C18H15NO3S. The zero-order valence-electron chi connectivity index (χ0n) is 12.1. The van der Waals surface area contributed by atoms with Gasteiger partial charge in [0.15, 0.2) is 6.23 Å². The number of benzene rings is 2. The number of carbonyl (C=O) groups is 1. The lowest BCUT2D eigenvalue weighted by Crippen LogP contribution is -2.11. The summed E-state index contributed by atoms with van der Waals surface area (Å²) < 4.78 is 0. The summed E-state index contributed by atoms with van der Waals surface area (Å²) in [5.74, 6) is -1.02. The number of carboxylic acid groups (broad SMARTS) is 1. The molecule has 0 aliphatic carbocycles. The molecule has 0 bridgehead atoms. The van der Waals surface area contributed by atoms with Crippen LogP contribution in [0.15, 0.2) is 66.0 Å². The molecule has 2 aromatic carbocycles. The monoisotopic (exact) mass is 325 g/mol. The van der Waals surface area contributed by atoms with E-state index in [1.807, 2.05) is 48.5 Å². The molecule has 1 heterocycles. The Morgan fingerprint density at radius 2 is 1.61 bits per heavy atom. The maximum Gasteiger partial charge on any atom is 0.339 e. The second-order valence-corrected chi connectivity index (χ2v) is 5.86. The van der Waals surface area contributed by atoms with E-state index in [9.17, 15) is 15.0 Å². The number of thiophene rings is 1. The number of nitrogens with one attached hydrogen (secondary N) is 1. The van der Waals surface area contributed by atoms with Crippen LogP contribution in [0, 0.1) is 0 Å². The number of carboxylic acids is 1. The van der Waals surface area contributed by atoms with Crippen molar-refractivity contribution in [1.29, 1.82) is 0 Å². The SMILES string of the molecule is O=C(O)c1c(-c2ccccc2)csc1NC(O)c1ccccc1. The Kier molecular flexibility index (Phi) is 4.41. The summed E-state index contributed by atoms with van der Waals surface area (Å²) in [5.41, 5.74) is 2.34. The van der Waals surface area contributed by atoms with E-state index < -0.39 is 12.2 Å². The van der Waals surface area contributed by atoms with Gasteiger partial charge in [-0.15, -0.1) is 11.3 Å². The minimum atomic E-state index is -1.02. The normalized spacial score (nSPS) is 11.9. The fraction of sp³-hybridized carbons (Fsp3) is 0.0556. The van der Waals surface area contributed by atoms with Gasteiger partial charge in [-0.1, -0.05) is 60.7 Å². The Hall–Kier alpha value is -2.63. The average molecular weight is 325 g/mol. The van der Waals surface area contributed by atoms with Crippen molar-refractivity contribution in [2.75, 3.05) is 5.32 Å². The molecule has 3 aromatic rings. The maximum absolute atomic E-state index is 11.7. The fourth-order valence-corrected chi connectivity index (χ4v) is 3.33. The zero-order chi connectivity index (χ0) is 16.2. The first-order valence-corrected chi connectivity index (χ1v) is 7.94. The minimum absolute atomic E-state index is 0.177. The highest BCUT2D eigenvalue weighted by Crippen LogP contribution is 2.36. The van der Waals surface area contributed by atoms with Gasteiger partial charge in [-0.05, 0) is 5.56 Å². The molecule has 0 radical (unpaired) electrons. The lowest BCUT2D eigenvalue weighted by Gasteiger charge is -2.14. The van der Waals surface area contributed by atoms with Crippen molar-refractivity contribution in [3.63, 3.8) is 0 Å². The van der Waals surface area contributed by atoms with Gasteiger partial charge in [0.25, 0.3) is 0 Å². The van der Waals surface area contributed by atoms with Gasteiger partial charge in [0.05, 0.1) is 0 Å². The van der Waals surface area contributed by atoms with E-state index in [-0.39, 0.29) is 5.56 Å². The molecule has 1 atom stereocenters. The number of hydrogen-bond acceptors (Lipinski definition) is 4.